The van der Waals surface area contributed by atoms with Crippen molar-refractivity contribution in [1.82, 2.24) is 10.2 Å². The number of benzene rings is 1. The number of urea groups is 1. The van der Waals surface area contributed by atoms with Crippen molar-refractivity contribution in [3.8, 4) is 5.75 Å². The number of para-hydroxylation sites is 1. The van der Waals surface area contributed by atoms with Crippen molar-refractivity contribution < 1.29 is 14.3 Å². The number of carbonyl (C=O) groups excluding carboxylic acids is 1. The largest absolute Gasteiger partial charge is 0.496 e. The molecule has 0 saturated carbocycles. The normalized spacial score (nSPS) is 21.2. The standard InChI is InChI=1S/C20H28N2O3/c1-24-19-10-6-5-7-16(19)15-25-18-11-13-22(14-12-18)20(23)21-17-8-3-2-4-9-17/h2-3,5-7,10,17-18H,4,8-9,11-15H2,1H3,(H,21,23). The molecule has 5 nitrogen and oxygen atoms in total. The topological polar surface area (TPSA) is 50.8 Å². The van der Waals surface area contributed by atoms with E-state index in [1.54, 1.807) is 7.11 Å². The summed E-state index contributed by atoms with van der Waals surface area (Å²) in [5, 5.41) is 3.15. The Morgan fingerprint density at radius 1 is 1.20 bits per heavy atom. The van der Waals surface area contributed by atoms with Crippen LogP contribution in [0.5, 0.6) is 5.75 Å². The molecular formula is C20H28N2O3. The number of allylic oxidation sites excluding steroid dienone is 1. The Hall–Kier alpha value is -2.01. The average Bonchev–Trinajstić information content (AvgIpc) is 2.67. The third-order valence-electron chi connectivity index (χ3n) is 4.99. The first-order valence-corrected chi connectivity index (χ1v) is 9.20. The minimum atomic E-state index is 0.0727. The van der Waals surface area contributed by atoms with Crippen LogP contribution < -0.4 is 10.1 Å². The summed E-state index contributed by atoms with van der Waals surface area (Å²) in [7, 11) is 1.68. The smallest absolute Gasteiger partial charge is 0.317 e. The van der Waals surface area contributed by atoms with Gasteiger partial charge in [-0.25, -0.2) is 4.79 Å². The molecule has 2 amide bonds. The van der Waals surface area contributed by atoms with E-state index in [0.29, 0.717) is 6.61 Å². The molecule has 5 heteroatoms. The Morgan fingerprint density at radius 2 is 2.00 bits per heavy atom. The predicted molar refractivity (Wildman–Crippen MR) is 97.7 cm³/mol. The molecule has 3 rings (SSSR count). The molecule has 1 aromatic carbocycles. The third-order valence-corrected chi connectivity index (χ3v) is 4.99. The van der Waals surface area contributed by atoms with Crippen molar-refractivity contribution in [3.63, 3.8) is 0 Å². The second kappa shape index (κ2) is 8.90. The molecule has 1 fully saturated rings. The van der Waals surface area contributed by atoms with Crippen molar-refractivity contribution in [2.24, 2.45) is 0 Å². The molecule has 2 aliphatic rings. The molecule has 25 heavy (non-hydrogen) atoms. The Kier molecular flexibility index (Phi) is 6.34. The molecule has 1 saturated heterocycles. The van der Waals surface area contributed by atoms with Gasteiger partial charge in [0.05, 0.1) is 19.8 Å². The fourth-order valence-electron chi connectivity index (χ4n) is 3.45. The van der Waals surface area contributed by atoms with E-state index in [2.05, 4.69) is 17.5 Å². The number of piperidine rings is 1. The zero-order chi connectivity index (χ0) is 17.5. The van der Waals surface area contributed by atoms with Crippen LogP contribution in [0.4, 0.5) is 4.79 Å². The van der Waals surface area contributed by atoms with E-state index in [1.165, 1.54) is 0 Å². The summed E-state index contributed by atoms with van der Waals surface area (Å²) in [6.45, 7) is 2.06. The van der Waals surface area contributed by atoms with Gasteiger partial charge in [-0.15, -0.1) is 0 Å². The lowest BCUT2D eigenvalue weighted by molar-refractivity contribution is 0.00359. The molecule has 1 atom stereocenters. The molecule has 136 valence electrons. The SMILES string of the molecule is COc1ccccc1COC1CCN(C(=O)NC2CC=CCC2)CC1. The van der Waals surface area contributed by atoms with E-state index in [1.807, 2.05) is 29.2 Å². The van der Waals surface area contributed by atoms with Gasteiger partial charge in [-0.2, -0.15) is 0 Å². The summed E-state index contributed by atoms with van der Waals surface area (Å²) < 4.78 is 11.4. The maximum Gasteiger partial charge on any atom is 0.317 e. The maximum atomic E-state index is 12.4. The summed E-state index contributed by atoms with van der Waals surface area (Å²) >= 11 is 0. The first kappa shape index (κ1) is 17.8. The van der Waals surface area contributed by atoms with Gasteiger partial charge in [-0.1, -0.05) is 30.4 Å². The average molecular weight is 344 g/mol. The molecule has 1 heterocycles. The lowest BCUT2D eigenvalue weighted by atomic mass is 10.0. The van der Waals surface area contributed by atoms with Crippen LogP contribution in [0.15, 0.2) is 36.4 Å². The molecular weight excluding hydrogens is 316 g/mol. The highest BCUT2D eigenvalue weighted by Crippen LogP contribution is 2.21. The first-order chi connectivity index (χ1) is 12.3. The Labute approximate surface area is 150 Å². The van der Waals surface area contributed by atoms with Crippen LogP contribution in [0, 0.1) is 0 Å². The zero-order valence-corrected chi connectivity index (χ0v) is 14.9. The van der Waals surface area contributed by atoms with E-state index >= 15 is 0 Å². The van der Waals surface area contributed by atoms with Crippen molar-refractivity contribution in [2.45, 2.75) is 50.9 Å². The van der Waals surface area contributed by atoms with E-state index < -0.39 is 0 Å². The fourth-order valence-corrected chi connectivity index (χ4v) is 3.45. The minimum absolute atomic E-state index is 0.0727. The van der Waals surface area contributed by atoms with E-state index in [9.17, 15) is 4.79 Å². The summed E-state index contributed by atoms with van der Waals surface area (Å²) in [6.07, 6.45) is 9.36. The lowest BCUT2D eigenvalue weighted by Gasteiger charge is -2.33. The number of nitrogens with one attached hydrogen (secondary N) is 1. The van der Waals surface area contributed by atoms with Crippen LogP contribution in [0.25, 0.3) is 0 Å². The quantitative estimate of drug-likeness (QED) is 0.832. The monoisotopic (exact) mass is 344 g/mol. The number of carbonyl (C=O) groups is 1. The second-order valence-corrected chi connectivity index (χ2v) is 6.74. The van der Waals surface area contributed by atoms with Gasteiger partial charge in [-0.05, 0) is 38.2 Å². The lowest BCUT2D eigenvalue weighted by Crippen LogP contribution is -2.49. The van der Waals surface area contributed by atoms with Gasteiger partial charge in [0, 0.05) is 24.7 Å². The summed E-state index contributed by atoms with van der Waals surface area (Å²) in [5.74, 6) is 0.862. The van der Waals surface area contributed by atoms with Gasteiger partial charge in [0.25, 0.3) is 0 Å². The highest BCUT2D eigenvalue weighted by Gasteiger charge is 2.25. The van der Waals surface area contributed by atoms with Gasteiger partial charge in [0.1, 0.15) is 5.75 Å². The second-order valence-electron chi connectivity index (χ2n) is 6.74. The molecule has 1 N–H and O–H groups in total. The molecule has 0 spiro atoms. The highest BCUT2D eigenvalue weighted by atomic mass is 16.5. The number of nitrogens with zero attached hydrogens (tertiary/aromatic N) is 1. The molecule has 1 aliphatic heterocycles. The van der Waals surface area contributed by atoms with Gasteiger partial charge in [0.2, 0.25) is 0 Å². The number of hydrogen-bond acceptors (Lipinski definition) is 3. The number of likely N-dealkylation sites (tertiary alicyclic amines) is 1. The summed E-state index contributed by atoms with van der Waals surface area (Å²) in [4.78, 5) is 14.3. The Balaban J connectivity index is 1.41. The Morgan fingerprint density at radius 3 is 2.72 bits per heavy atom. The minimum Gasteiger partial charge on any atom is -0.496 e. The number of ether oxygens (including phenoxy) is 2. The third kappa shape index (κ3) is 4.98. The molecule has 0 bridgehead atoms. The molecule has 1 aromatic rings. The number of methoxy groups -OCH3 is 1. The van der Waals surface area contributed by atoms with Crippen LogP contribution in [0.2, 0.25) is 0 Å². The van der Waals surface area contributed by atoms with Crippen LogP contribution in [0.3, 0.4) is 0 Å². The van der Waals surface area contributed by atoms with Crippen LogP contribution in [-0.2, 0) is 11.3 Å². The van der Waals surface area contributed by atoms with Crippen LogP contribution in [-0.4, -0.2) is 43.3 Å². The summed E-state index contributed by atoms with van der Waals surface area (Å²) in [6, 6.07) is 8.29. The van der Waals surface area contributed by atoms with Crippen molar-refractivity contribution in [2.75, 3.05) is 20.2 Å². The van der Waals surface area contributed by atoms with Crippen LogP contribution >= 0.6 is 0 Å². The van der Waals surface area contributed by atoms with Gasteiger partial charge >= 0.3 is 6.03 Å². The summed E-state index contributed by atoms with van der Waals surface area (Å²) in [5.41, 5.74) is 1.07. The molecule has 1 unspecified atom stereocenters. The first-order valence-electron chi connectivity index (χ1n) is 9.20. The number of rotatable bonds is 5. The van der Waals surface area contributed by atoms with Gasteiger partial charge in [0.15, 0.2) is 0 Å². The number of amides is 2. The van der Waals surface area contributed by atoms with Crippen molar-refractivity contribution >= 4 is 6.03 Å². The van der Waals surface area contributed by atoms with Crippen molar-refractivity contribution in [3.05, 3.63) is 42.0 Å². The maximum absolute atomic E-state index is 12.4. The van der Waals surface area contributed by atoms with Crippen molar-refractivity contribution in [1.29, 1.82) is 0 Å². The molecule has 0 aromatic heterocycles. The van der Waals surface area contributed by atoms with E-state index in [0.717, 1.165) is 56.5 Å². The van der Waals surface area contributed by atoms with Gasteiger partial charge < -0.3 is 19.7 Å². The van der Waals surface area contributed by atoms with Gasteiger partial charge in [-0.3, -0.25) is 0 Å². The van der Waals surface area contributed by atoms with E-state index in [4.69, 9.17) is 9.47 Å². The Bertz CT molecular complexity index is 594. The number of hydrogen-bond donors (Lipinski definition) is 1. The fraction of sp³-hybridized carbons (Fsp3) is 0.550. The molecule has 1 aliphatic carbocycles. The van der Waals surface area contributed by atoms with E-state index in [-0.39, 0.29) is 18.2 Å². The highest BCUT2D eigenvalue weighted by molar-refractivity contribution is 5.74. The molecule has 0 radical (unpaired) electrons. The zero-order valence-electron chi connectivity index (χ0n) is 14.9. The predicted octanol–water partition coefficient (Wildman–Crippen LogP) is 3.49. The van der Waals surface area contributed by atoms with Crippen LogP contribution in [0.1, 0.15) is 37.7 Å².